The fourth-order valence-corrected chi connectivity index (χ4v) is 2.33. The Kier molecular flexibility index (Phi) is 4.91. The van der Waals surface area contributed by atoms with Gasteiger partial charge in [-0.1, -0.05) is 0 Å². The SMILES string of the molecule is COCCN1C(CO)C(=O)N(C)CCC1(C)C. The van der Waals surface area contributed by atoms with E-state index in [1.165, 1.54) is 0 Å². The van der Waals surface area contributed by atoms with Gasteiger partial charge in [0.1, 0.15) is 6.04 Å². The van der Waals surface area contributed by atoms with Crippen LogP contribution < -0.4 is 0 Å². The average molecular weight is 244 g/mol. The molecule has 0 aromatic carbocycles. The maximum absolute atomic E-state index is 12.1. The third-order valence-electron chi connectivity index (χ3n) is 3.58. The van der Waals surface area contributed by atoms with Crippen molar-refractivity contribution in [3.8, 4) is 0 Å². The molecule has 0 aliphatic carbocycles. The number of carbonyl (C=O) groups excluding carboxylic acids is 1. The lowest BCUT2D eigenvalue weighted by Gasteiger charge is -2.40. The topological polar surface area (TPSA) is 53.0 Å². The number of rotatable bonds is 4. The van der Waals surface area contributed by atoms with Gasteiger partial charge in [0.25, 0.3) is 0 Å². The number of nitrogens with zero attached hydrogens (tertiary/aromatic N) is 2. The van der Waals surface area contributed by atoms with Crippen molar-refractivity contribution in [3.05, 3.63) is 0 Å². The molecule has 1 N–H and O–H groups in total. The lowest BCUT2D eigenvalue weighted by molar-refractivity contribution is -0.137. The van der Waals surface area contributed by atoms with Gasteiger partial charge in [-0.25, -0.2) is 0 Å². The Labute approximate surface area is 103 Å². The summed E-state index contributed by atoms with van der Waals surface area (Å²) in [5, 5.41) is 9.48. The predicted octanol–water partition coefficient (Wildman–Crippen LogP) is -0.0636. The number of aliphatic hydroxyl groups excluding tert-OH is 1. The number of aliphatic hydroxyl groups is 1. The Morgan fingerprint density at radius 3 is 2.71 bits per heavy atom. The third-order valence-corrected chi connectivity index (χ3v) is 3.58. The van der Waals surface area contributed by atoms with Crippen LogP contribution >= 0.6 is 0 Å². The molecule has 1 atom stereocenters. The highest BCUT2D eigenvalue weighted by molar-refractivity contribution is 5.82. The van der Waals surface area contributed by atoms with Gasteiger partial charge in [0.15, 0.2) is 0 Å². The molecule has 1 unspecified atom stereocenters. The summed E-state index contributed by atoms with van der Waals surface area (Å²) in [4.78, 5) is 15.9. The zero-order valence-corrected chi connectivity index (χ0v) is 11.3. The van der Waals surface area contributed by atoms with E-state index >= 15 is 0 Å². The van der Waals surface area contributed by atoms with Crippen molar-refractivity contribution in [2.24, 2.45) is 0 Å². The summed E-state index contributed by atoms with van der Waals surface area (Å²) in [5.41, 5.74) is -0.105. The predicted molar refractivity (Wildman–Crippen MR) is 65.8 cm³/mol. The second-order valence-electron chi connectivity index (χ2n) is 5.21. The van der Waals surface area contributed by atoms with E-state index in [1.54, 1.807) is 19.1 Å². The number of hydrogen-bond donors (Lipinski definition) is 1. The fraction of sp³-hybridized carbons (Fsp3) is 0.917. The van der Waals surface area contributed by atoms with Crippen molar-refractivity contribution in [3.63, 3.8) is 0 Å². The van der Waals surface area contributed by atoms with Crippen molar-refractivity contribution in [1.29, 1.82) is 0 Å². The van der Waals surface area contributed by atoms with Gasteiger partial charge >= 0.3 is 0 Å². The van der Waals surface area contributed by atoms with E-state index in [0.29, 0.717) is 13.2 Å². The van der Waals surface area contributed by atoms with Gasteiger partial charge in [0.05, 0.1) is 13.2 Å². The van der Waals surface area contributed by atoms with E-state index in [-0.39, 0.29) is 18.1 Å². The van der Waals surface area contributed by atoms with E-state index in [2.05, 4.69) is 18.7 Å². The lowest BCUT2D eigenvalue weighted by atomic mass is 9.97. The van der Waals surface area contributed by atoms with E-state index in [0.717, 1.165) is 13.0 Å². The highest BCUT2D eigenvalue weighted by Crippen LogP contribution is 2.25. The molecule has 5 heteroatoms. The summed E-state index contributed by atoms with van der Waals surface area (Å²) in [5.74, 6) is -0.00539. The minimum atomic E-state index is -0.451. The molecule has 100 valence electrons. The molecule has 1 amide bonds. The van der Waals surface area contributed by atoms with Crippen LogP contribution in [0.1, 0.15) is 20.3 Å². The van der Waals surface area contributed by atoms with E-state index in [4.69, 9.17) is 4.74 Å². The van der Waals surface area contributed by atoms with Gasteiger partial charge in [0.2, 0.25) is 5.91 Å². The van der Waals surface area contributed by atoms with E-state index in [9.17, 15) is 9.90 Å². The molecule has 17 heavy (non-hydrogen) atoms. The van der Waals surface area contributed by atoms with Crippen LogP contribution in [-0.2, 0) is 9.53 Å². The van der Waals surface area contributed by atoms with E-state index < -0.39 is 6.04 Å². The number of ether oxygens (including phenoxy) is 1. The number of amides is 1. The van der Waals surface area contributed by atoms with Crippen LogP contribution in [-0.4, -0.2) is 72.9 Å². The first-order valence-electron chi connectivity index (χ1n) is 6.05. The largest absolute Gasteiger partial charge is 0.394 e. The minimum absolute atomic E-state index is 0.00539. The minimum Gasteiger partial charge on any atom is -0.394 e. The van der Waals surface area contributed by atoms with Gasteiger partial charge in [-0.2, -0.15) is 0 Å². The Bertz CT molecular complexity index is 268. The van der Waals surface area contributed by atoms with Crippen LogP contribution in [0.25, 0.3) is 0 Å². The molecule has 0 bridgehead atoms. The second-order valence-corrected chi connectivity index (χ2v) is 5.21. The van der Waals surface area contributed by atoms with Crippen molar-refractivity contribution < 1.29 is 14.6 Å². The quantitative estimate of drug-likeness (QED) is 0.752. The van der Waals surface area contributed by atoms with Gasteiger partial charge < -0.3 is 14.7 Å². The van der Waals surface area contributed by atoms with Gasteiger partial charge in [-0.15, -0.1) is 0 Å². The molecule has 0 aromatic heterocycles. The van der Waals surface area contributed by atoms with Crippen LogP contribution in [0.15, 0.2) is 0 Å². The Morgan fingerprint density at radius 1 is 1.53 bits per heavy atom. The summed E-state index contributed by atoms with van der Waals surface area (Å²) >= 11 is 0. The maximum Gasteiger partial charge on any atom is 0.242 e. The summed E-state index contributed by atoms with van der Waals surface area (Å²) in [6, 6.07) is -0.451. The molecular weight excluding hydrogens is 220 g/mol. The van der Waals surface area contributed by atoms with Gasteiger partial charge in [-0.3, -0.25) is 9.69 Å². The first kappa shape index (κ1) is 14.4. The smallest absolute Gasteiger partial charge is 0.242 e. The standard InChI is InChI=1S/C12H24N2O3/c1-12(2)5-6-13(3)11(16)10(9-15)14(12)7-8-17-4/h10,15H,5-9H2,1-4H3. The summed E-state index contributed by atoms with van der Waals surface area (Å²) in [7, 11) is 3.44. The van der Waals surface area contributed by atoms with Crippen LogP contribution in [0.2, 0.25) is 0 Å². The normalized spacial score (nSPS) is 26.1. The van der Waals surface area contributed by atoms with Crippen molar-refractivity contribution in [1.82, 2.24) is 9.80 Å². The zero-order chi connectivity index (χ0) is 13.1. The molecule has 1 saturated heterocycles. The Morgan fingerprint density at radius 2 is 2.18 bits per heavy atom. The number of hydrogen-bond acceptors (Lipinski definition) is 4. The van der Waals surface area contributed by atoms with Crippen LogP contribution in [0.3, 0.4) is 0 Å². The first-order valence-corrected chi connectivity index (χ1v) is 6.05. The number of methoxy groups -OCH3 is 1. The molecule has 0 spiro atoms. The summed E-state index contributed by atoms with van der Waals surface area (Å²) in [6.45, 7) is 6.03. The molecular formula is C12H24N2O3. The molecule has 0 aromatic rings. The monoisotopic (exact) mass is 244 g/mol. The van der Waals surface area contributed by atoms with Crippen molar-refractivity contribution >= 4 is 5.91 Å². The molecule has 1 aliphatic rings. The van der Waals surface area contributed by atoms with Crippen LogP contribution in [0.5, 0.6) is 0 Å². The summed E-state index contributed by atoms with van der Waals surface area (Å²) in [6.07, 6.45) is 0.898. The summed E-state index contributed by atoms with van der Waals surface area (Å²) < 4.78 is 5.09. The highest BCUT2D eigenvalue weighted by Gasteiger charge is 2.40. The molecule has 1 fully saturated rings. The maximum atomic E-state index is 12.1. The zero-order valence-electron chi connectivity index (χ0n) is 11.3. The van der Waals surface area contributed by atoms with Gasteiger partial charge in [-0.05, 0) is 20.3 Å². The molecule has 0 saturated carbocycles. The molecule has 1 heterocycles. The molecule has 0 radical (unpaired) electrons. The number of likely N-dealkylation sites (N-methyl/N-ethyl adjacent to an activating group) is 1. The fourth-order valence-electron chi connectivity index (χ4n) is 2.33. The molecule has 5 nitrogen and oxygen atoms in total. The second kappa shape index (κ2) is 5.80. The number of carbonyl (C=O) groups is 1. The first-order chi connectivity index (χ1) is 7.94. The van der Waals surface area contributed by atoms with Crippen molar-refractivity contribution in [2.75, 3.05) is 40.5 Å². The Balaban J connectivity index is 2.92. The van der Waals surface area contributed by atoms with E-state index in [1.807, 2.05) is 0 Å². The van der Waals surface area contributed by atoms with Crippen LogP contribution in [0.4, 0.5) is 0 Å². The van der Waals surface area contributed by atoms with Gasteiger partial charge in [0, 0.05) is 32.8 Å². The lowest BCUT2D eigenvalue weighted by Crippen LogP contribution is -2.55. The molecule has 1 rings (SSSR count). The van der Waals surface area contributed by atoms with Crippen LogP contribution in [0, 0.1) is 0 Å². The Hall–Kier alpha value is -0.650. The third kappa shape index (κ3) is 3.18. The highest BCUT2D eigenvalue weighted by atomic mass is 16.5. The van der Waals surface area contributed by atoms with Crippen molar-refractivity contribution in [2.45, 2.75) is 31.8 Å². The molecule has 1 aliphatic heterocycles. The average Bonchev–Trinajstić information content (AvgIpc) is 2.37.